The van der Waals surface area contributed by atoms with Gasteiger partial charge in [0.1, 0.15) is 5.75 Å². The lowest BCUT2D eigenvalue weighted by molar-refractivity contribution is 0.101. The molecule has 0 aliphatic carbocycles. The highest BCUT2D eigenvalue weighted by Gasteiger charge is 2.22. The first-order valence-corrected chi connectivity index (χ1v) is 11.4. The number of hydrogen-bond acceptors (Lipinski definition) is 5. The molecule has 1 amide bonds. The Morgan fingerprint density at radius 2 is 1.74 bits per heavy atom. The number of nitrogens with one attached hydrogen (secondary N) is 1. The van der Waals surface area contributed by atoms with Gasteiger partial charge in [-0.3, -0.25) is 4.79 Å². The van der Waals surface area contributed by atoms with E-state index in [9.17, 15) is 4.79 Å². The first-order chi connectivity index (χ1) is 16.6. The van der Waals surface area contributed by atoms with Crippen molar-refractivity contribution < 1.29 is 9.53 Å². The molecule has 5 aromatic rings. The minimum absolute atomic E-state index is 0.216. The summed E-state index contributed by atoms with van der Waals surface area (Å²) in [6.45, 7) is 6.31. The zero-order valence-corrected chi connectivity index (χ0v) is 19.4. The van der Waals surface area contributed by atoms with Gasteiger partial charge >= 0.3 is 0 Å². The molecular weight excluding hydrogens is 426 g/mol. The van der Waals surface area contributed by atoms with Crippen LogP contribution in [-0.4, -0.2) is 32.3 Å². The van der Waals surface area contributed by atoms with Crippen molar-refractivity contribution in [3.05, 3.63) is 83.8 Å². The van der Waals surface area contributed by atoms with E-state index in [-0.39, 0.29) is 11.6 Å². The van der Waals surface area contributed by atoms with Gasteiger partial charge in [0.2, 0.25) is 0 Å². The monoisotopic (exact) mass is 451 g/mol. The van der Waals surface area contributed by atoms with Crippen molar-refractivity contribution in [1.82, 2.24) is 19.8 Å². The van der Waals surface area contributed by atoms with Crippen molar-refractivity contribution >= 4 is 28.0 Å². The predicted molar refractivity (Wildman–Crippen MR) is 133 cm³/mol. The highest BCUT2D eigenvalue weighted by atomic mass is 16.5. The van der Waals surface area contributed by atoms with E-state index in [0.29, 0.717) is 29.4 Å². The molecule has 0 aliphatic heterocycles. The lowest BCUT2D eigenvalue weighted by Gasteiger charge is -2.12. The average molecular weight is 452 g/mol. The van der Waals surface area contributed by atoms with Crippen LogP contribution in [0.1, 0.15) is 35.7 Å². The number of aromatic nitrogens is 4. The molecule has 0 unspecified atom stereocenters. The van der Waals surface area contributed by atoms with Gasteiger partial charge in [-0.2, -0.15) is 5.10 Å². The van der Waals surface area contributed by atoms with Crippen LogP contribution in [0.4, 0.5) is 5.69 Å². The maximum absolute atomic E-state index is 13.1. The molecule has 7 nitrogen and oxygen atoms in total. The number of anilines is 1. The summed E-state index contributed by atoms with van der Waals surface area (Å²) >= 11 is 0. The van der Waals surface area contributed by atoms with E-state index in [0.717, 1.165) is 34.0 Å². The molecule has 0 aliphatic rings. The van der Waals surface area contributed by atoms with Crippen LogP contribution in [-0.2, 0) is 6.42 Å². The summed E-state index contributed by atoms with van der Waals surface area (Å²) in [6.07, 6.45) is 0.727. The molecule has 2 aromatic heterocycles. The summed E-state index contributed by atoms with van der Waals surface area (Å²) in [5.41, 5.74) is 4.97. The zero-order chi connectivity index (χ0) is 23.7. The van der Waals surface area contributed by atoms with Crippen molar-refractivity contribution in [3.8, 4) is 16.9 Å². The Labute approximate surface area is 197 Å². The van der Waals surface area contributed by atoms with E-state index in [1.54, 1.807) is 10.6 Å². The van der Waals surface area contributed by atoms with Crippen LogP contribution in [0.3, 0.4) is 0 Å². The van der Waals surface area contributed by atoms with Gasteiger partial charge in [-0.15, -0.1) is 10.2 Å². The molecule has 0 bridgehead atoms. The fourth-order valence-corrected chi connectivity index (χ4v) is 4.26. The van der Waals surface area contributed by atoms with Gasteiger partial charge in [0.05, 0.1) is 29.2 Å². The summed E-state index contributed by atoms with van der Waals surface area (Å²) in [5, 5.41) is 18.8. The number of nitrogens with zero attached hydrogens (tertiary/aromatic N) is 4. The number of hydrogen-bond donors (Lipinski definition) is 1. The van der Waals surface area contributed by atoms with Crippen molar-refractivity contribution in [1.29, 1.82) is 0 Å². The highest BCUT2D eigenvalue weighted by Crippen LogP contribution is 2.34. The smallest absolute Gasteiger partial charge is 0.278 e. The van der Waals surface area contributed by atoms with Crippen molar-refractivity contribution in [3.63, 3.8) is 0 Å². The largest absolute Gasteiger partial charge is 0.492 e. The Morgan fingerprint density at radius 3 is 2.56 bits per heavy atom. The summed E-state index contributed by atoms with van der Waals surface area (Å²) in [4.78, 5) is 13.1. The van der Waals surface area contributed by atoms with E-state index < -0.39 is 0 Å². The van der Waals surface area contributed by atoms with Crippen LogP contribution in [0, 0.1) is 6.92 Å². The van der Waals surface area contributed by atoms with Crippen molar-refractivity contribution in [2.45, 2.75) is 27.2 Å². The third-order valence-electron chi connectivity index (χ3n) is 5.88. The van der Waals surface area contributed by atoms with Gasteiger partial charge in [-0.25, -0.2) is 4.52 Å². The quantitative estimate of drug-likeness (QED) is 0.370. The second-order valence-corrected chi connectivity index (χ2v) is 7.95. The van der Waals surface area contributed by atoms with Gasteiger partial charge in [0.15, 0.2) is 11.3 Å². The molecule has 7 heteroatoms. The van der Waals surface area contributed by atoms with Gasteiger partial charge in [-0.1, -0.05) is 61.5 Å². The molecule has 0 fully saturated rings. The molecule has 1 N–H and O–H groups in total. The molecule has 0 atom stereocenters. The van der Waals surface area contributed by atoms with Crippen LogP contribution in [0.2, 0.25) is 0 Å². The molecule has 0 saturated carbocycles. The Morgan fingerprint density at radius 1 is 0.971 bits per heavy atom. The van der Waals surface area contributed by atoms with Crippen molar-refractivity contribution in [2.75, 3.05) is 11.9 Å². The van der Waals surface area contributed by atoms with Gasteiger partial charge in [0, 0.05) is 0 Å². The summed E-state index contributed by atoms with van der Waals surface area (Å²) < 4.78 is 7.35. The van der Waals surface area contributed by atoms with E-state index in [2.05, 4.69) is 46.7 Å². The molecular formula is C27H25N5O2. The number of rotatable bonds is 6. The number of amides is 1. The molecule has 0 radical (unpaired) electrons. The maximum Gasteiger partial charge on any atom is 0.278 e. The Kier molecular flexibility index (Phi) is 5.67. The Balaban J connectivity index is 1.61. The molecule has 2 heterocycles. The number of carbonyl (C=O) groups is 1. The Hall–Kier alpha value is -4.26. The second kappa shape index (κ2) is 8.94. The van der Waals surface area contributed by atoms with Crippen LogP contribution in [0.15, 0.2) is 66.7 Å². The second-order valence-electron chi connectivity index (χ2n) is 7.95. The van der Waals surface area contributed by atoms with Crippen LogP contribution < -0.4 is 10.1 Å². The lowest BCUT2D eigenvalue weighted by atomic mass is 9.97. The topological polar surface area (TPSA) is 81.4 Å². The third-order valence-corrected chi connectivity index (χ3v) is 5.88. The zero-order valence-electron chi connectivity index (χ0n) is 19.4. The standard InChI is InChI=1S/C27H25N5O2/c1-4-21-24(20-14-10-12-18-11-6-7-13-19(18)20)26-30-29-25(17(3)32(26)31-21)27(33)28-22-15-8-9-16-23(22)34-5-2/h6-16H,4-5H2,1-3H3,(H,28,33). The minimum atomic E-state index is -0.362. The molecule has 5 rings (SSSR count). The number of benzene rings is 3. The van der Waals surface area contributed by atoms with E-state index in [1.165, 1.54) is 0 Å². The van der Waals surface area contributed by atoms with Crippen LogP contribution in [0.25, 0.3) is 27.5 Å². The van der Waals surface area contributed by atoms with E-state index in [1.807, 2.05) is 50.2 Å². The molecule has 34 heavy (non-hydrogen) atoms. The number of para-hydroxylation sites is 2. The highest BCUT2D eigenvalue weighted by molar-refractivity contribution is 6.05. The van der Waals surface area contributed by atoms with Crippen LogP contribution >= 0.6 is 0 Å². The SMILES string of the molecule is CCOc1ccccc1NC(=O)c1nnc2c(-c3cccc4ccccc34)c(CC)nn2c1C. The first kappa shape index (κ1) is 21.6. The molecule has 170 valence electrons. The third kappa shape index (κ3) is 3.65. The average Bonchev–Trinajstić information content (AvgIpc) is 3.24. The van der Waals surface area contributed by atoms with E-state index >= 15 is 0 Å². The fourth-order valence-electron chi connectivity index (χ4n) is 4.26. The van der Waals surface area contributed by atoms with Gasteiger partial charge < -0.3 is 10.1 Å². The summed E-state index contributed by atoms with van der Waals surface area (Å²) in [5.74, 6) is 0.245. The lowest BCUT2D eigenvalue weighted by Crippen LogP contribution is -2.19. The summed E-state index contributed by atoms with van der Waals surface area (Å²) in [6, 6.07) is 21.8. The van der Waals surface area contributed by atoms with Gasteiger partial charge in [-0.05, 0) is 48.7 Å². The summed E-state index contributed by atoms with van der Waals surface area (Å²) in [7, 11) is 0. The van der Waals surface area contributed by atoms with Gasteiger partial charge in [0.25, 0.3) is 5.91 Å². The van der Waals surface area contributed by atoms with E-state index in [4.69, 9.17) is 9.84 Å². The number of carbonyl (C=O) groups excluding carboxylic acids is 1. The fraction of sp³-hybridized carbons (Fsp3) is 0.185. The molecule has 3 aromatic carbocycles. The predicted octanol–water partition coefficient (Wildman–Crippen LogP) is 5.47. The first-order valence-electron chi connectivity index (χ1n) is 11.4. The minimum Gasteiger partial charge on any atom is -0.492 e. The molecule has 0 spiro atoms. The molecule has 0 saturated heterocycles. The van der Waals surface area contributed by atoms with Crippen LogP contribution in [0.5, 0.6) is 5.75 Å². The number of ether oxygens (including phenoxy) is 1. The normalized spacial score (nSPS) is 11.1. The number of aryl methyl sites for hydroxylation is 2. The maximum atomic E-state index is 13.1. The number of fused-ring (bicyclic) bond motifs is 2. The van der Waals surface area contributed by atoms with Crippen molar-refractivity contribution in [2.24, 2.45) is 0 Å². The Bertz CT molecular complexity index is 1520.